The fraction of sp³-hybridized carbons (Fsp3) is 1.00. The number of aliphatic hydroxyl groups is 1. The maximum absolute atomic E-state index is 8.86. The molecule has 1 aliphatic rings. The number of ether oxygens (including phenoxy) is 1. The average molecular weight is 202 g/mol. The third kappa shape index (κ3) is 3.53. The fourth-order valence-corrected chi connectivity index (χ4v) is 1.95. The first-order valence-electron chi connectivity index (χ1n) is 5.33. The maximum atomic E-state index is 8.86. The number of nitrogens with one attached hydrogen (secondary N) is 1. The molecule has 1 saturated heterocycles. The van der Waals surface area contributed by atoms with E-state index in [0.717, 1.165) is 32.5 Å². The van der Waals surface area contributed by atoms with Crippen molar-refractivity contribution < 1.29 is 9.84 Å². The Labute approximate surface area is 86.2 Å². The molecule has 0 aromatic rings. The van der Waals surface area contributed by atoms with Crippen LogP contribution in [0.3, 0.4) is 0 Å². The quantitative estimate of drug-likeness (QED) is 0.619. The van der Waals surface area contributed by atoms with Crippen molar-refractivity contribution >= 4 is 0 Å². The van der Waals surface area contributed by atoms with E-state index in [-0.39, 0.29) is 6.61 Å². The van der Waals surface area contributed by atoms with Gasteiger partial charge >= 0.3 is 0 Å². The molecule has 14 heavy (non-hydrogen) atoms. The molecule has 4 nitrogen and oxygen atoms in total. The monoisotopic (exact) mass is 202 g/mol. The number of hydrogen-bond acceptors (Lipinski definition) is 4. The van der Waals surface area contributed by atoms with Crippen LogP contribution in [0.15, 0.2) is 0 Å². The predicted octanol–water partition coefficient (Wildman–Crippen LogP) is -0.322. The zero-order valence-electron chi connectivity index (χ0n) is 9.20. The van der Waals surface area contributed by atoms with Crippen LogP contribution in [0, 0.1) is 0 Å². The molecule has 4 heteroatoms. The highest BCUT2D eigenvalue weighted by atomic mass is 16.5. The van der Waals surface area contributed by atoms with Crippen LogP contribution in [0.4, 0.5) is 0 Å². The summed E-state index contributed by atoms with van der Waals surface area (Å²) in [6, 6.07) is 0.399. The van der Waals surface area contributed by atoms with Crippen molar-refractivity contribution in [3.63, 3.8) is 0 Å². The van der Waals surface area contributed by atoms with Crippen LogP contribution in [0.25, 0.3) is 0 Å². The lowest BCUT2D eigenvalue weighted by Gasteiger charge is -2.22. The summed E-state index contributed by atoms with van der Waals surface area (Å²) in [5, 5.41) is 12.1. The third-order valence-corrected chi connectivity index (χ3v) is 2.93. The van der Waals surface area contributed by atoms with Gasteiger partial charge in [0.15, 0.2) is 0 Å². The van der Waals surface area contributed by atoms with Gasteiger partial charge < -0.3 is 15.2 Å². The molecule has 2 N–H and O–H groups in total. The van der Waals surface area contributed by atoms with E-state index in [1.807, 2.05) is 7.05 Å². The Morgan fingerprint density at radius 1 is 1.64 bits per heavy atom. The van der Waals surface area contributed by atoms with Gasteiger partial charge in [0, 0.05) is 39.4 Å². The molecule has 1 fully saturated rings. The second-order valence-electron chi connectivity index (χ2n) is 3.90. The first-order valence-corrected chi connectivity index (χ1v) is 5.33. The second-order valence-corrected chi connectivity index (χ2v) is 3.90. The van der Waals surface area contributed by atoms with Crippen LogP contribution in [-0.2, 0) is 4.74 Å². The number of likely N-dealkylation sites (tertiary alicyclic amines) is 1. The van der Waals surface area contributed by atoms with Gasteiger partial charge in [0.25, 0.3) is 0 Å². The molecule has 0 aromatic carbocycles. The van der Waals surface area contributed by atoms with Crippen LogP contribution in [0.5, 0.6) is 0 Å². The fourth-order valence-electron chi connectivity index (χ4n) is 1.95. The first kappa shape index (κ1) is 11.9. The standard InChI is InChI=1S/C10H22N2O2/c1-11-9(4-6-13)7-12-5-3-10(8-12)14-2/h9-11,13H,3-8H2,1-2H3. The lowest BCUT2D eigenvalue weighted by atomic mass is 10.2. The van der Waals surface area contributed by atoms with Crippen LogP contribution in [-0.4, -0.2) is 62.6 Å². The van der Waals surface area contributed by atoms with Gasteiger partial charge in [-0.2, -0.15) is 0 Å². The maximum Gasteiger partial charge on any atom is 0.0710 e. The minimum atomic E-state index is 0.257. The molecule has 0 amide bonds. The Kier molecular flexibility index (Phi) is 5.40. The Bertz CT molecular complexity index is 155. The molecule has 0 saturated carbocycles. The SMILES string of the molecule is CNC(CCO)CN1CCC(OC)C1. The lowest BCUT2D eigenvalue weighted by molar-refractivity contribution is 0.106. The molecule has 0 bridgehead atoms. The minimum absolute atomic E-state index is 0.257. The number of methoxy groups -OCH3 is 1. The van der Waals surface area contributed by atoms with Gasteiger partial charge in [-0.3, -0.25) is 4.90 Å². The van der Waals surface area contributed by atoms with Crippen LogP contribution >= 0.6 is 0 Å². The van der Waals surface area contributed by atoms with Gasteiger partial charge in [0.05, 0.1) is 6.10 Å². The van der Waals surface area contributed by atoms with Crippen molar-refractivity contribution in [1.82, 2.24) is 10.2 Å². The minimum Gasteiger partial charge on any atom is -0.396 e. The highest BCUT2D eigenvalue weighted by Crippen LogP contribution is 2.12. The van der Waals surface area contributed by atoms with Crippen molar-refractivity contribution in [2.45, 2.75) is 25.0 Å². The van der Waals surface area contributed by atoms with E-state index in [9.17, 15) is 0 Å². The summed E-state index contributed by atoms with van der Waals surface area (Å²) in [4.78, 5) is 2.39. The smallest absolute Gasteiger partial charge is 0.0710 e. The van der Waals surface area contributed by atoms with Crippen molar-refractivity contribution in [3.05, 3.63) is 0 Å². The highest BCUT2D eigenvalue weighted by molar-refractivity contribution is 4.79. The van der Waals surface area contributed by atoms with Gasteiger partial charge in [0.1, 0.15) is 0 Å². The Morgan fingerprint density at radius 3 is 2.93 bits per heavy atom. The molecule has 1 aliphatic heterocycles. The molecule has 2 atom stereocenters. The Morgan fingerprint density at radius 2 is 2.43 bits per heavy atom. The topological polar surface area (TPSA) is 44.7 Å². The molecule has 2 unspecified atom stereocenters. The summed E-state index contributed by atoms with van der Waals surface area (Å²) in [6.45, 7) is 3.41. The molecular formula is C10H22N2O2. The average Bonchev–Trinajstić information content (AvgIpc) is 2.65. The van der Waals surface area contributed by atoms with Crippen LogP contribution < -0.4 is 5.32 Å². The zero-order valence-corrected chi connectivity index (χ0v) is 9.20. The van der Waals surface area contributed by atoms with Gasteiger partial charge in [-0.05, 0) is 19.9 Å². The van der Waals surface area contributed by atoms with E-state index in [1.165, 1.54) is 0 Å². The summed E-state index contributed by atoms with van der Waals surface area (Å²) < 4.78 is 5.31. The van der Waals surface area contributed by atoms with E-state index in [2.05, 4.69) is 10.2 Å². The summed E-state index contributed by atoms with van der Waals surface area (Å²) in [5.74, 6) is 0. The lowest BCUT2D eigenvalue weighted by Crippen LogP contribution is -2.39. The second kappa shape index (κ2) is 6.35. The molecule has 0 spiro atoms. The summed E-state index contributed by atoms with van der Waals surface area (Å²) in [5.41, 5.74) is 0. The summed E-state index contributed by atoms with van der Waals surface area (Å²) >= 11 is 0. The zero-order chi connectivity index (χ0) is 10.4. The van der Waals surface area contributed by atoms with E-state index in [4.69, 9.17) is 9.84 Å². The van der Waals surface area contributed by atoms with E-state index in [1.54, 1.807) is 7.11 Å². The third-order valence-electron chi connectivity index (χ3n) is 2.93. The van der Waals surface area contributed by atoms with E-state index in [0.29, 0.717) is 12.1 Å². The molecule has 1 heterocycles. The molecular weight excluding hydrogens is 180 g/mol. The van der Waals surface area contributed by atoms with Crippen molar-refractivity contribution in [2.24, 2.45) is 0 Å². The normalized spacial score (nSPS) is 25.5. The van der Waals surface area contributed by atoms with Crippen LogP contribution in [0.2, 0.25) is 0 Å². The van der Waals surface area contributed by atoms with Crippen molar-refractivity contribution in [2.75, 3.05) is 40.4 Å². The summed E-state index contributed by atoms with van der Waals surface area (Å²) in [6.07, 6.45) is 2.36. The number of rotatable bonds is 6. The number of nitrogens with zero attached hydrogens (tertiary/aromatic N) is 1. The van der Waals surface area contributed by atoms with Gasteiger partial charge in [-0.25, -0.2) is 0 Å². The van der Waals surface area contributed by atoms with Gasteiger partial charge in [-0.1, -0.05) is 0 Å². The predicted molar refractivity (Wildman–Crippen MR) is 56.4 cm³/mol. The molecule has 84 valence electrons. The molecule has 0 radical (unpaired) electrons. The highest BCUT2D eigenvalue weighted by Gasteiger charge is 2.23. The molecule has 1 rings (SSSR count). The Hall–Kier alpha value is -0.160. The number of aliphatic hydroxyl groups excluding tert-OH is 1. The first-order chi connectivity index (χ1) is 6.80. The molecule has 0 aliphatic carbocycles. The van der Waals surface area contributed by atoms with Crippen molar-refractivity contribution in [1.29, 1.82) is 0 Å². The van der Waals surface area contributed by atoms with E-state index < -0.39 is 0 Å². The molecule has 0 aromatic heterocycles. The van der Waals surface area contributed by atoms with Gasteiger partial charge in [-0.15, -0.1) is 0 Å². The van der Waals surface area contributed by atoms with E-state index >= 15 is 0 Å². The van der Waals surface area contributed by atoms with Crippen molar-refractivity contribution in [3.8, 4) is 0 Å². The Balaban J connectivity index is 2.22. The largest absolute Gasteiger partial charge is 0.396 e. The van der Waals surface area contributed by atoms with Gasteiger partial charge in [0.2, 0.25) is 0 Å². The number of likely N-dealkylation sites (N-methyl/N-ethyl adjacent to an activating group) is 1. The summed E-state index contributed by atoms with van der Waals surface area (Å²) in [7, 11) is 3.72. The number of hydrogen-bond donors (Lipinski definition) is 2. The van der Waals surface area contributed by atoms with Crippen LogP contribution in [0.1, 0.15) is 12.8 Å².